The standard InChI is InChI=1S/C23H29N3O2.ClH/c1-16-8-10-19(11-9-16)23(28)26-20(18-6-4-3-5-7-18)14-22(27)25-21-15-24-13-12-17(21)2;/h3-11,17,20-21,24H,12-15H2,1-2H3,(H,25,27)(H,26,28);1H. The van der Waals surface area contributed by atoms with Crippen LogP contribution in [0.3, 0.4) is 0 Å². The topological polar surface area (TPSA) is 70.2 Å². The number of rotatable bonds is 6. The quantitative estimate of drug-likeness (QED) is 0.677. The number of benzene rings is 2. The van der Waals surface area contributed by atoms with Gasteiger partial charge in [-0.2, -0.15) is 0 Å². The van der Waals surface area contributed by atoms with Crippen LogP contribution < -0.4 is 16.0 Å². The van der Waals surface area contributed by atoms with E-state index in [1.165, 1.54) is 0 Å². The van der Waals surface area contributed by atoms with E-state index in [0.29, 0.717) is 11.5 Å². The fourth-order valence-electron chi connectivity index (χ4n) is 3.52. The SMILES string of the molecule is Cc1ccc(C(=O)NC(CC(=O)NC2CNCCC2C)c2ccccc2)cc1.Cl. The van der Waals surface area contributed by atoms with Crippen LogP contribution in [0.4, 0.5) is 0 Å². The summed E-state index contributed by atoms with van der Waals surface area (Å²) >= 11 is 0. The van der Waals surface area contributed by atoms with E-state index >= 15 is 0 Å². The summed E-state index contributed by atoms with van der Waals surface area (Å²) in [5.74, 6) is 0.232. The minimum atomic E-state index is -0.373. The zero-order chi connectivity index (χ0) is 19.9. The molecule has 0 spiro atoms. The molecule has 0 saturated carbocycles. The Morgan fingerprint density at radius 2 is 1.79 bits per heavy atom. The van der Waals surface area contributed by atoms with Crippen molar-refractivity contribution in [3.8, 4) is 0 Å². The number of piperidine rings is 1. The summed E-state index contributed by atoms with van der Waals surface area (Å²) in [6.07, 6.45) is 1.27. The lowest BCUT2D eigenvalue weighted by Gasteiger charge is -2.31. The van der Waals surface area contributed by atoms with Crippen LogP contribution in [0, 0.1) is 12.8 Å². The van der Waals surface area contributed by atoms with Crippen molar-refractivity contribution < 1.29 is 9.59 Å². The highest BCUT2D eigenvalue weighted by Gasteiger charge is 2.25. The molecule has 156 valence electrons. The molecule has 2 aromatic rings. The summed E-state index contributed by atoms with van der Waals surface area (Å²) in [6.45, 7) is 5.94. The van der Waals surface area contributed by atoms with Crippen LogP contribution in [0.2, 0.25) is 0 Å². The van der Waals surface area contributed by atoms with E-state index in [4.69, 9.17) is 0 Å². The second kappa shape index (κ2) is 11.0. The number of hydrogen-bond acceptors (Lipinski definition) is 3. The van der Waals surface area contributed by atoms with Crippen LogP contribution >= 0.6 is 12.4 Å². The van der Waals surface area contributed by atoms with E-state index in [9.17, 15) is 9.59 Å². The minimum absolute atomic E-state index is 0. The third kappa shape index (κ3) is 6.58. The van der Waals surface area contributed by atoms with Crippen LogP contribution in [-0.2, 0) is 4.79 Å². The molecule has 6 heteroatoms. The molecule has 0 aliphatic carbocycles. The number of carbonyl (C=O) groups is 2. The van der Waals surface area contributed by atoms with Gasteiger partial charge >= 0.3 is 0 Å². The number of nitrogens with one attached hydrogen (secondary N) is 3. The second-order valence-electron chi connectivity index (χ2n) is 7.65. The summed E-state index contributed by atoms with van der Waals surface area (Å²) in [7, 11) is 0. The molecule has 1 fully saturated rings. The van der Waals surface area contributed by atoms with Gasteiger partial charge in [0.05, 0.1) is 12.5 Å². The Labute approximate surface area is 179 Å². The molecule has 3 unspecified atom stereocenters. The Bertz CT molecular complexity index is 796. The molecule has 1 aliphatic rings. The van der Waals surface area contributed by atoms with Crippen molar-refractivity contribution in [3.63, 3.8) is 0 Å². The van der Waals surface area contributed by atoms with Crippen molar-refractivity contribution in [1.82, 2.24) is 16.0 Å². The van der Waals surface area contributed by atoms with Gasteiger partial charge in [-0.25, -0.2) is 0 Å². The number of amides is 2. The highest BCUT2D eigenvalue weighted by molar-refractivity contribution is 5.94. The summed E-state index contributed by atoms with van der Waals surface area (Å²) in [5.41, 5.74) is 2.62. The molecule has 1 aliphatic heterocycles. The van der Waals surface area contributed by atoms with Crippen LogP contribution in [-0.4, -0.2) is 30.9 Å². The first-order valence-electron chi connectivity index (χ1n) is 9.95. The van der Waals surface area contributed by atoms with Gasteiger partial charge < -0.3 is 16.0 Å². The number of carbonyl (C=O) groups excluding carboxylic acids is 2. The van der Waals surface area contributed by atoms with E-state index in [-0.39, 0.29) is 42.7 Å². The Balaban J connectivity index is 0.00000300. The van der Waals surface area contributed by atoms with Crippen molar-refractivity contribution in [2.45, 2.75) is 38.8 Å². The van der Waals surface area contributed by atoms with Gasteiger partial charge in [0.2, 0.25) is 5.91 Å². The average Bonchev–Trinajstić information content (AvgIpc) is 2.70. The predicted octanol–water partition coefficient (Wildman–Crippen LogP) is 3.39. The molecule has 3 rings (SSSR count). The highest BCUT2D eigenvalue weighted by Crippen LogP contribution is 2.19. The summed E-state index contributed by atoms with van der Waals surface area (Å²) < 4.78 is 0. The molecule has 2 aromatic carbocycles. The molecular weight excluding hydrogens is 386 g/mol. The Hall–Kier alpha value is -2.37. The maximum absolute atomic E-state index is 12.7. The zero-order valence-electron chi connectivity index (χ0n) is 17.0. The van der Waals surface area contributed by atoms with Gasteiger partial charge in [-0.1, -0.05) is 55.0 Å². The van der Waals surface area contributed by atoms with E-state index in [0.717, 1.165) is 30.6 Å². The molecule has 5 nitrogen and oxygen atoms in total. The van der Waals surface area contributed by atoms with Gasteiger partial charge in [0.15, 0.2) is 0 Å². The first-order valence-corrected chi connectivity index (χ1v) is 9.95. The van der Waals surface area contributed by atoms with Gasteiger partial charge in [0.25, 0.3) is 5.91 Å². The van der Waals surface area contributed by atoms with Gasteiger partial charge in [0, 0.05) is 18.2 Å². The lowest BCUT2D eigenvalue weighted by Crippen LogP contribution is -2.50. The van der Waals surface area contributed by atoms with Gasteiger partial charge in [-0.3, -0.25) is 9.59 Å². The largest absolute Gasteiger partial charge is 0.352 e. The Morgan fingerprint density at radius 1 is 1.10 bits per heavy atom. The van der Waals surface area contributed by atoms with E-state index in [1.54, 1.807) is 0 Å². The summed E-state index contributed by atoms with van der Waals surface area (Å²) in [6, 6.07) is 16.9. The van der Waals surface area contributed by atoms with Crippen molar-refractivity contribution in [3.05, 3.63) is 71.3 Å². The molecule has 0 aromatic heterocycles. The lowest BCUT2D eigenvalue weighted by molar-refractivity contribution is -0.122. The molecule has 0 bridgehead atoms. The molecule has 3 atom stereocenters. The lowest BCUT2D eigenvalue weighted by atomic mass is 9.94. The third-order valence-electron chi connectivity index (χ3n) is 5.38. The van der Waals surface area contributed by atoms with Crippen molar-refractivity contribution in [1.29, 1.82) is 0 Å². The zero-order valence-corrected chi connectivity index (χ0v) is 17.8. The van der Waals surface area contributed by atoms with Gasteiger partial charge in [-0.15, -0.1) is 12.4 Å². The van der Waals surface area contributed by atoms with Gasteiger partial charge in [0.1, 0.15) is 0 Å². The van der Waals surface area contributed by atoms with E-state index < -0.39 is 0 Å². The van der Waals surface area contributed by atoms with Crippen LogP contribution in [0.25, 0.3) is 0 Å². The van der Waals surface area contributed by atoms with Crippen LogP contribution in [0.15, 0.2) is 54.6 Å². The Kier molecular flexibility index (Phi) is 8.68. The first-order chi connectivity index (χ1) is 13.5. The van der Waals surface area contributed by atoms with Crippen molar-refractivity contribution in [2.75, 3.05) is 13.1 Å². The molecule has 2 amide bonds. The van der Waals surface area contributed by atoms with Crippen LogP contribution in [0.5, 0.6) is 0 Å². The molecule has 3 N–H and O–H groups in total. The Morgan fingerprint density at radius 3 is 2.45 bits per heavy atom. The molecule has 0 radical (unpaired) electrons. The van der Waals surface area contributed by atoms with E-state index in [2.05, 4.69) is 22.9 Å². The second-order valence-corrected chi connectivity index (χ2v) is 7.65. The molecule has 1 saturated heterocycles. The fraction of sp³-hybridized carbons (Fsp3) is 0.391. The number of halogens is 1. The normalized spacial score (nSPS) is 19.5. The molecular formula is C23H30ClN3O2. The number of aryl methyl sites for hydroxylation is 1. The maximum Gasteiger partial charge on any atom is 0.251 e. The predicted molar refractivity (Wildman–Crippen MR) is 118 cm³/mol. The smallest absolute Gasteiger partial charge is 0.251 e. The van der Waals surface area contributed by atoms with Crippen LogP contribution in [0.1, 0.15) is 47.3 Å². The fourth-order valence-corrected chi connectivity index (χ4v) is 3.52. The average molecular weight is 416 g/mol. The number of hydrogen-bond donors (Lipinski definition) is 3. The third-order valence-corrected chi connectivity index (χ3v) is 5.38. The summed E-state index contributed by atoms with van der Waals surface area (Å²) in [5, 5.41) is 9.50. The minimum Gasteiger partial charge on any atom is -0.352 e. The maximum atomic E-state index is 12.7. The summed E-state index contributed by atoms with van der Waals surface area (Å²) in [4.78, 5) is 25.4. The van der Waals surface area contributed by atoms with E-state index in [1.807, 2.05) is 61.5 Å². The molecule has 1 heterocycles. The van der Waals surface area contributed by atoms with Crippen molar-refractivity contribution in [2.24, 2.45) is 5.92 Å². The monoisotopic (exact) mass is 415 g/mol. The first kappa shape index (κ1) is 22.9. The highest BCUT2D eigenvalue weighted by atomic mass is 35.5. The molecule has 29 heavy (non-hydrogen) atoms. The van der Waals surface area contributed by atoms with Gasteiger partial charge in [-0.05, 0) is 43.5 Å². The van der Waals surface area contributed by atoms with Crippen molar-refractivity contribution >= 4 is 24.2 Å².